The Bertz CT molecular complexity index is 3790. The monoisotopic (exact) mass is 950 g/mol. The van der Waals surface area contributed by atoms with Crippen LogP contribution in [0.5, 0.6) is 0 Å². The lowest BCUT2D eigenvalue weighted by Crippen LogP contribution is -2.62. The van der Waals surface area contributed by atoms with Crippen LogP contribution in [0.3, 0.4) is 0 Å². The molecule has 0 fully saturated rings. The Morgan fingerprint density at radius 3 is 2.01 bits per heavy atom. The fourth-order valence-electron chi connectivity index (χ4n) is 14.9. The number of nitrogens with zero attached hydrogens (tertiary/aromatic N) is 1. The maximum Gasteiger partial charge on any atom is 0.333 e. The number of hydrogen-bond acceptors (Lipinski definition) is 2. The van der Waals surface area contributed by atoms with Crippen molar-refractivity contribution in [1.82, 2.24) is 0 Å². The molecule has 0 N–H and O–H groups in total. The SMILES string of the molecule is CC(C)(C)c1ccc(CCC2c3cc4ccccc4c4c3B3c5c2oc2cc6c(cc52)C(C)(CCC6(C)C)c2cc(cc5c2C(C)(C)CCC5(C)C)N3c2cc(-c3ccccc3)ccc2-4)c(-c2ccccc2)c1. The van der Waals surface area contributed by atoms with Gasteiger partial charge in [0.25, 0.3) is 0 Å². The minimum atomic E-state index is -0.203. The molecular formula is C70H68BNO. The van der Waals surface area contributed by atoms with Gasteiger partial charge in [0.05, 0.1) is 0 Å². The Kier molecular flexibility index (Phi) is 9.42. The zero-order chi connectivity index (χ0) is 50.1. The molecule has 73 heavy (non-hydrogen) atoms. The highest BCUT2D eigenvalue weighted by Crippen LogP contribution is 2.59. The van der Waals surface area contributed by atoms with Crippen molar-refractivity contribution in [3.8, 4) is 33.4 Å². The second kappa shape index (κ2) is 15.3. The van der Waals surface area contributed by atoms with E-state index < -0.39 is 0 Å². The van der Waals surface area contributed by atoms with Crippen molar-refractivity contribution < 1.29 is 4.42 Å². The molecule has 2 unspecified atom stereocenters. The van der Waals surface area contributed by atoms with Crippen molar-refractivity contribution in [3.63, 3.8) is 0 Å². The average molecular weight is 950 g/mol. The van der Waals surface area contributed by atoms with Gasteiger partial charge in [-0.05, 0) is 185 Å². The molecular weight excluding hydrogens is 882 g/mol. The summed E-state index contributed by atoms with van der Waals surface area (Å²) in [6.45, 7) is 24.6. The highest BCUT2D eigenvalue weighted by Gasteiger charge is 2.53. The first-order valence-corrected chi connectivity index (χ1v) is 27.5. The van der Waals surface area contributed by atoms with Crippen LogP contribution < -0.4 is 15.7 Å². The predicted octanol–water partition coefficient (Wildman–Crippen LogP) is 17.3. The molecule has 1 aromatic heterocycles. The normalized spacial score (nSPS) is 20.3. The molecule has 0 radical (unpaired) electrons. The van der Waals surface area contributed by atoms with E-state index in [0.717, 1.165) is 43.4 Å². The topological polar surface area (TPSA) is 16.4 Å². The first kappa shape index (κ1) is 45.1. The van der Waals surface area contributed by atoms with Gasteiger partial charge in [0.2, 0.25) is 0 Å². The quantitative estimate of drug-likeness (QED) is 0.160. The predicted molar refractivity (Wildman–Crippen MR) is 309 cm³/mol. The molecule has 0 saturated carbocycles. The van der Waals surface area contributed by atoms with Crippen LogP contribution in [-0.4, -0.2) is 6.85 Å². The fourth-order valence-corrected chi connectivity index (χ4v) is 14.9. The first-order valence-electron chi connectivity index (χ1n) is 27.5. The Balaban J connectivity index is 1.11. The summed E-state index contributed by atoms with van der Waals surface area (Å²) in [6.07, 6.45) is 6.40. The summed E-state index contributed by atoms with van der Waals surface area (Å²) < 4.78 is 7.76. The van der Waals surface area contributed by atoms with Crippen molar-refractivity contribution in [2.45, 2.75) is 141 Å². The van der Waals surface area contributed by atoms with Crippen LogP contribution in [0.15, 0.2) is 156 Å². The molecule has 0 spiro atoms. The van der Waals surface area contributed by atoms with Crippen LogP contribution in [0.2, 0.25) is 0 Å². The molecule has 2 aliphatic carbocycles. The van der Waals surface area contributed by atoms with Gasteiger partial charge < -0.3 is 9.23 Å². The summed E-state index contributed by atoms with van der Waals surface area (Å²) in [5.74, 6) is 1.18. The lowest BCUT2D eigenvalue weighted by atomic mass is 9.40. The molecule has 8 aromatic carbocycles. The van der Waals surface area contributed by atoms with Crippen LogP contribution in [0.1, 0.15) is 158 Å². The summed E-state index contributed by atoms with van der Waals surface area (Å²) in [5, 5.41) is 3.91. The fraction of sp³-hybridized carbons (Fsp3) is 0.314. The van der Waals surface area contributed by atoms with E-state index in [1.54, 1.807) is 5.56 Å². The second-order valence-corrected chi connectivity index (χ2v) is 26.1. The number of anilines is 2. The van der Waals surface area contributed by atoms with Crippen LogP contribution in [0, 0.1) is 0 Å². The molecule has 3 aliphatic heterocycles. The molecule has 3 heteroatoms. The summed E-state index contributed by atoms with van der Waals surface area (Å²) in [7, 11) is 0. The second-order valence-electron chi connectivity index (χ2n) is 26.1. The zero-order valence-corrected chi connectivity index (χ0v) is 44.7. The number of aryl methyl sites for hydroxylation is 1. The molecule has 4 bridgehead atoms. The lowest BCUT2D eigenvalue weighted by molar-refractivity contribution is 0.312. The van der Waals surface area contributed by atoms with Crippen molar-refractivity contribution in [3.05, 3.63) is 202 Å². The summed E-state index contributed by atoms with van der Waals surface area (Å²) in [6, 6.07) is 59.2. The number of furan rings is 1. The first-order chi connectivity index (χ1) is 34.9. The molecule has 0 saturated heterocycles. The van der Waals surface area contributed by atoms with E-state index in [9.17, 15) is 0 Å². The van der Waals surface area contributed by atoms with Crippen molar-refractivity contribution >= 4 is 50.9 Å². The average Bonchev–Trinajstić information content (AvgIpc) is 3.78. The van der Waals surface area contributed by atoms with Gasteiger partial charge in [0.15, 0.2) is 0 Å². The zero-order valence-electron chi connectivity index (χ0n) is 44.7. The van der Waals surface area contributed by atoms with E-state index >= 15 is 0 Å². The number of rotatable bonds is 5. The maximum atomic E-state index is 7.76. The highest BCUT2D eigenvalue weighted by molar-refractivity contribution is 6.93. The lowest BCUT2D eigenvalue weighted by Gasteiger charge is -2.51. The van der Waals surface area contributed by atoms with E-state index in [0.29, 0.717) is 0 Å². The van der Waals surface area contributed by atoms with Gasteiger partial charge in [-0.1, -0.05) is 191 Å². The van der Waals surface area contributed by atoms with Crippen molar-refractivity contribution in [1.29, 1.82) is 0 Å². The molecule has 2 atom stereocenters. The van der Waals surface area contributed by atoms with Crippen LogP contribution in [0.25, 0.3) is 55.1 Å². The van der Waals surface area contributed by atoms with Crippen LogP contribution in [0.4, 0.5) is 11.4 Å². The van der Waals surface area contributed by atoms with Crippen LogP contribution in [-0.2, 0) is 33.5 Å². The third-order valence-corrected chi connectivity index (χ3v) is 19.3. The largest absolute Gasteiger partial charge is 0.461 e. The molecule has 5 aliphatic rings. The van der Waals surface area contributed by atoms with Gasteiger partial charge in [0, 0.05) is 33.7 Å². The Morgan fingerprint density at radius 1 is 0.562 bits per heavy atom. The third kappa shape index (κ3) is 6.49. The van der Waals surface area contributed by atoms with Gasteiger partial charge in [0.1, 0.15) is 11.3 Å². The standard InChI is InChI=1S/C70H68BNO/c1-66(2,3)47-28-25-44(52(37-47)43-21-15-12-16-22-43)26-29-50-53-35-46-23-17-18-24-49(46)61-51-30-27-45(42-19-13-11-14-20-42)36-59(51)72-48-38-57-62(69(8,9)32-31-68(57,6)7)58(39-48)70(10)34-33-67(4,5)55-41-60-54(40-56(55)70)64(65(50)73-60)71(72)63(53)61/h11-25,27-28,30,35-41,50H,26,29,31-34H2,1-10H3. The van der Waals surface area contributed by atoms with Crippen molar-refractivity contribution in [2.75, 3.05) is 4.81 Å². The third-order valence-electron chi connectivity index (χ3n) is 19.3. The number of benzene rings is 8. The van der Waals surface area contributed by atoms with Crippen molar-refractivity contribution in [2.24, 2.45) is 0 Å². The maximum absolute atomic E-state index is 7.76. The molecule has 2 nitrogen and oxygen atoms in total. The van der Waals surface area contributed by atoms with Crippen LogP contribution >= 0.6 is 0 Å². The number of fused-ring (bicyclic) bond motifs is 11. The molecule has 362 valence electrons. The van der Waals surface area contributed by atoms with E-state index in [4.69, 9.17) is 4.42 Å². The molecule has 0 amide bonds. The number of hydrogen-bond donors (Lipinski definition) is 0. The minimum absolute atomic E-state index is 0.00310. The Hall–Kier alpha value is -6.58. The summed E-state index contributed by atoms with van der Waals surface area (Å²) >= 11 is 0. The van der Waals surface area contributed by atoms with Gasteiger partial charge in [-0.3, -0.25) is 0 Å². The van der Waals surface area contributed by atoms with Gasteiger partial charge in [-0.15, -0.1) is 0 Å². The molecule has 9 aromatic rings. The Morgan fingerprint density at radius 2 is 1.25 bits per heavy atom. The molecule has 14 rings (SSSR count). The summed E-state index contributed by atoms with van der Waals surface area (Å²) in [5.41, 5.74) is 25.9. The highest BCUT2D eigenvalue weighted by atomic mass is 16.3. The van der Waals surface area contributed by atoms with Gasteiger partial charge in [-0.25, -0.2) is 0 Å². The smallest absolute Gasteiger partial charge is 0.333 e. The van der Waals surface area contributed by atoms with E-state index in [1.165, 1.54) is 117 Å². The van der Waals surface area contributed by atoms with Gasteiger partial charge in [-0.2, -0.15) is 0 Å². The van der Waals surface area contributed by atoms with Gasteiger partial charge >= 0.3 is 6.85 Å². The minimum Gasteiger partial charge on any atom is -0.461 e. The van der Waals surface area contributed by atoms with E-state index in [2.05, 4.69) is 226 Å². The molecule has 4 heterocycles. The summed E-state index contributed by atoms with van der Waals surface area (Å²) in [4.78, 5) is 2.82. The van der Waals surface area contributed by atoms with E-state index in [-0.39, 0.29) is 39.8 Å². The van der Waals surface area contributed by atoms with E-state index in [1.807, 2.05) is 0 Å². The Labute approximate surface area is 434 Å².